The van der Waals surface area contributed by atoms with Crippen molar-refractivity contribution in [1.29, 1.82) is 0 Å². The molecule has 0 fully saturated rings. The van der Waals surface area contributed by atoms with E-state index in [1.165, 1.54) is 0 Å². The summed E-state index contributed by atoms with van der Waals surface area (Å²) in [5, 5.41) is 11.4. The van der Waals surface area contributed by atoms with E-state index in [9.17, 15) is 5.11 Å². The molecule has 0 aliphatic carbocycles. The maximum absolute atomic E-state index is 11.4. The normalized spacial score (nSPS) is 17.9. The first-order valence-corrected chi connectivity index (χ1v) is 10.3. The molecule has 0 radical (unpaired) electrons. The molecule has 0 amide bonds. The zero-order valence-corrected chi connectivity index (χ0v) is 18.1. The van der Waals surface area contributed by atoms with Crippen molar-refractivity contribution in [3.8, 4) is 23.0 Å². The zero-order valence-electron chi connectivity index (χ0n) is 18.1. The van der Waals surface area contributed by atoms with E-state index >= 15 is 0 Å². The Kier molecular flexibility index (Phi) is 7.45. The number of fused-ring (bicyclic) bond motifs is 2. The van der Waals surface area contributed by atoms with E-state index < -0.39 is 5.60 Å². The van der Waals surface area contributed by atoms with Gasteiger partial charge in [0.05, 0.1) is 13.2 Å². The van der Waals surface area contributed by atoms with Gasteiger partial charge in [-0.05, 0) is 36.1 Å². The molecule has 0 unspecified atom stereocenters. The minimum absolute atomic E-state index is 0.0736. The Morgan fingerprint density at radius 3 is 1.50 bits per heavy atom. The molecule has 1 aliphatic heterocycles. The third kappa shape index (κ3) is 6.82. The summed E-state index contributed by atoms with van der Waals surface area (Å²) in [6.07, 6.45) is 0.500. The SMILES string of the molecule is CC(C)(C)CC1(O)COc2ccccc2OCCOCCOc2ccccc2OC1. The van der Waals surface area contributed by atoms with Gasteiger partial charge in [0, 0.05) is 0 Å². The molecule has 2 aromatic rings. The Hall–Kier alpha value is -2.44. The first-order valence-electron chi connectivity index (χ1n) is 10.3. The molecule has 3 rings (SSSR count). The predicted octanol–water partition coefficient (Wildman–Crippen LogP) is 4.10. The standard InChI is InChI=1S/C24H32O6/c1-23(2,3)16-24(25)17-29-21-10-6-4-8-19(21)27-14-12-26-13-15-28-20-9-5-7-11-22(20)30-18-24/h4-11,25H,12-18H2,1-3H3. The topological polar surface area (TPSA) is 66.4 Å². The van der Waals surface area contributed by atoms with Gasteiger partial charge < -0.3 is 28.8 Å². The number of rotatable bonds is 1. The third-order valence-corrected chi connectivity index (χ3v) is 4.52. The summed E-state index contributed by atoms with van der Waals surface area (Å²) >= 11 is 0. The summed E-state index contributed by atoms with van der Waals surface area (Å²) in [5.74, 6) is 2.41. The van der Waals surface area contributed by atoms with Crippen molar-refractivity contribution in [1.82, 2.24) is 0 Å². The van der Waals surface area contributed by atoms with Gasteiger partial charge in [0.15, 0.2) is 23.0 Å². The Morgan fingerprint density at radius 1 is 0.700 bits per heavy atom. The van der Waals surface area contributed by atoms with E-state index in [0.717, 1.165) is 0 Å². The summed E-state index contributed by atoms with van der Waals surface area (Å²) in [6, 6.07) is 14.9. The van der Waals surface area contributed by atoms with Crippen LogP contribution in [-0.2, 0) is 4.74 Å². The average molecular weight is 417 g/mol. The van der Waals surface area contributed by atoms with Gasteiger partial charge >= 0.3 is 0 Å². The van der Waals surface area contributed by atoms with Gasteiger partial charge in [0.25, 0.3) is 0 Å². The molecule has 30 heavy (non-hydrogen) atoms. The molecule has 0 saturated heterocycles. The number of para-hydroxylation sites is 4. The van der Waals surface area contributed by atoms with Crippen molar-refractivity contribution < 1.29 is 28.8 Å². The molecule has 6 heteroatoms. The number of hydrogen-bond donors (Lipinski definition) is 1. The third-order valence-electron chi connectivity index (χ3n) is 4.52. The lowest BCUT2D eigenvalue weighted by molar-refractivity contribution is -0.0660. The van der Waals surface area contributed by atoms with Crippen LogP contribution in [0.15, 0.2) is 48.5 Å². The van der Waals surface area contributed by atoms with Gasteiger partial charge in [0.2, 0.25) is 0 Å². The van der Waals surface area contributed by atoms with Gasteiger partial charge in [-0.3, -0.25) is 0 Å². The number of hydrogen-bond acceptors (Lipinski definition) is 6. The lowest BCUT2D eigenvalue weighted by Gasteiger charge is -2.34. The van der Waals surface area contributed by atoms with Crippen LogP contribution >= 0.6 is 0 Å². The summed E-state index contributed by atoms with van der Waals surface area (Å²) in [6.45, 7) is 8.05. The molecule has 2 aromatic carbocycles. The molecule has 0 spiro atoms. The van der Waals surface area contributed by atoms with Crippen molar-refractivity contribution in [2.24, 2.45) is 5.41 Å². The number of aliphatic hydroxyl groups is 1. The highest BCUT2D eigenvalue weighted by molar-refractivity contribution is 5.40. The maximum atomic E-state index is 11.4. The van der Waals surface area contributed by atoms with Crippen molar-refractivity contribution >= 4 is 0 Å². The first-order chi connectivity index (χ1) is 14.3. The van der Waals surface area contributed by atoms with Crippen LogP contribution in [0, 0.1) is 5.41 Å². The van der Waals surface area contributed by atoms with E-state index in [-0.39, 0.29) is 18.6 Å². The van der Waals surface area contributed by atoms with Crippen LogP contribution in [0.1, 0.15) is 27.2 Å². The smallest absolute Gasteiger partial charge is 0.161 e. The van der Waals surface area contributed by atoms with Crippen LogP contribution in [-0.4, -0.2) is 50.3 Å². The second kappa shape index (κ2) is 10.0. The van der Waals surface area contributed by atoms with E-state index in [0.29, 0.717) is 55.8 Å². The summed E-state index contributed by atoms with van der Waals surface area (Å²) in [7, 11) is 0. The molecule has 6 nitrogen and oxygen atoms in total. The Bertz CT molecular complexity index is 743. The minimum atomic E-state index is -1.20. The molecule has 164 valence electrons. The Labute approximate surface area is 178 Å². The summed E-state index contributed by atoms with van der Waals surface area (Å²) in [5.41, 5.74) is -1.32. The van der Waals surface area contributed by atoms with Crippen molar-refractivity contribution in [2.75, 3.05) is 39.6 Å². The van der Waals surface area contributed by atoms with E-state index in [1.807, 2.05) is 48.5 Å². The fourth-order valence-electron chi connectivity index (χ4n) is 3.46. The number of benzene rings is 2. The minimum Gasteiger partial charge on any atom is -0.487 e. The fraction of sp³-hybridized carbons (Fsp3) is 0.500. The predicted molar refractivity (Wildman–Crippen MR) is 115 cm³/mol. The van der Waals surface area contributed by atoms with Crippen LogP contribution < -0.4 is 18.9 Å². The van der Waals surface area contributed by atoms with Crippen LogP contribution in [0.3, 0.4) is 0 Å². The molecule has 0 atom stereocenters. The first kappa shape index (κ1) is 22.2. The van der Waals surface area contributed by atoms with E-state index in [1.54, 1.807) is 0 Å². The molecule has 1 heterocycles. The van der Waals surface area contributed by atoms with Crippen LogP contribution in [0.2, 0.25) is 0 Å². The lowest BCUT2D eigenvalue weighted by atomic mass is 9.82. The van der Waals surface area contributed by atoms with Crippen molar-refractivity contribution in [3.05, 3.63) is 48.5 Å². The highest BCUT2D eigenvalue weighted by atomic mass is 16.6. The van der Waals surface area contributed by atoms with E-state index in [4.69, 9.17) is 23.7 Å². The maximum Gasteiger partial charge on any atom is 0.161 e. The molecular weight excluding hydrogens is 384 g/mol. The summed E-state index contributed by atoms with van der Waals surface area (Å²) in [4.78, 5) is 0. The highest BCUT2D eigenvalue weighted by Gasteiger charge is 2.35. The van der Waals surface area contributed by atoms with Gasteiger partial charge in [-0.25, -0.2) is 0 Å². The second-order valence-electron chi connectivity index (χ2n) is 8.74. The van der Waals surface area contributed by atoms with Crippen molar-refractivity contribution in [2.45, 2.75) is 32.8 Å². The monoisotopic (exact) mass is 416 g/mol. The summed E-state index contributed by atoms with van der Waals surface area (Å²) < 4.78 is 29.2. The fourth-order valence-corrected chi connectivity index (χ4v) is 3.46. The van der Waals surface area contributed by atoms with Gasteiger partial charge in [0.1, 0.15) is 32.0 Å². The van der Waals surface area contributed by atoms with Crippen LogP contribution in [0.5, 0.6) is 23.0 Å². The van der Waals surface area contributed by atoms with Gasteiger partial charge in [-0.1, -0.05) is 45.0 Å². The van der Waals surface area contributed by atoms with E-state index in [2.05, 4.69) is 20.8 Å². The second-order valence-corrected chi connectivity index (χ2v) is 8.74. The van der Waals surface area contributed by atoms with Crippen molar-refractivity contribution in [3.63, 3.8) is 0 Å². The lowest BCUT2D eigenvalue weighted by Crippen LogP contribution is -2.45. The average Bonchev–Trinajstić information content (AvgIpc) is 2.70. The molecule has 0 aromatic heterocycles. The molecular formula is C24H32O6. The molecule has 1 N–H and O–H groups in total. The largest absolute Gasteiger partial charge is 0.487 e. The van der Waals surface area contributed by atoms with Crippen LogP contribution in [0.4, 0.5) is 0 Å². The highest BCUT2D eigenvalue weighted by Crippen LogP contribution is 2.33. The molecule has 0 saturated carbocycles. The number of ether oxygens (including phenoxy) is 5. The Balaban J connectivity index is 1.83. The van der Waals surface area contributed by atoms with Gasteiger partial charge in [-0.2, -0.15) is 0 Å². The molecule has 0 bridgehead atoms. The zero-order chi connectivity index (χ0) is 21.5. The van der Waals surface area contributed by atoms with Crippen LogP contribution in [0.25, 0.3) is 0 Å². The van der Waals surface area contributed by atoms with Gasteiger partial charge in [-0.15, -0.1) is 0 Å². The molecule has 1 aliphatic rings. The quantitative estimate of drug-likeness (QED) is 0.755. The Morgan fingerprint density at radius 2 is 1.10 bits per heavy atom.